The van der Waals surface area contributed by atoms with E-state index in [1.54, 1.807) is 24.4 Å². The smallest absolute Gasteiger partial charge is 0.308 e. The maximum absolute atomic E-state index is 12.7. The molecule has 6 nitrogen and oxygen atoms in total. The van der Waals surface area contributed by atoms with Gasteiger partial charge >= 0.3 is 5.97 Å². The number of rotatable bonds is 8. The topological polar surface area (TPSA) is 95.5 Å². The summed E-state index contributed by atoms with van der Waals surface area (Å²) in [5, 5.41) is 16.3. The minimum atomic E-state index is -0.986. The maximum Gasteiger partial charge on any atom is 0.308 e. The molecular weight excluding hydrogens is 352 g/mol. The van der Waals surface area contributed by atoms with E-state index in [9.17, 15) is 14.4 Å². The highest BCUT2D eigenvalue weighted by molar-refractivity contribution is 7.12. The number of carboxylic acids is 1. The number of thiophene rings is 1. The maximum atomic E-state index is 12.7. The van der Waals surface area contributed by atoms with Crippen molar-refractivity contribution in [2.24, 2.45) is 5.92 Å². The SMILES string of the molecule is CC(NC(=O)C(Cc1ccccc1)NC(=O)c1cccs1)C(C)C(=O)O. The van der Waals surface area contributed by atoms with Crippen molar-refractivity contribution >= 4 is 29.1 Å². The summed E-state index contributed by atoms with van der Waals surface area (Å²) in [4.78, 5) is 36.7. The number of carbonyl (C=O) groups excluding carboxylic acids is 2. The Bertz CT molecular complexity index is 746. The summed E-state index contributed by atoms with van der Waals surface area (Å²) in [6, 6.07) is 11.4. The summed E-state index contributed by atoms with van der Waals surface area (Å²) in [5.41, 5.74) is 0.901. The molecule has 1 heterocycles. The zero-order chi connectivity index (χ0) is 19.1. The van der Waals surface area contributed by atoms with Crippen LogP contribution >= 0.6 is 11.3 Å². The first-order valence-electron chi connectivity index (χ1n) is 8.30. The molecule has 0 bridgehead atoms. The van der Waals surface area contributed by atoms with Crippen LogP contribution in [-0.2, 0) is 16.0 Å². The Morgan fingerprint density at radius 2 is 1.73 bits per heavy atom. The molecule has 0 aliphatic carbocycles. The number of benzene rings is 1. The first-order chi connectivity index (χ1) is 12.4. The normalized spacial score (nSPS) is 14.1. The van der Waals surface area contributed by atoms with Crippen molar-refractivity contribution in [3.05, 3.63) is 58.3 Å². The summed E-state index contributed by atoms with van der Waals surface area (Å²) >= 11 is 1.29. The predicted molar refractivity (Wildman–Crippen MR) is 100 cm³/mol. The van der Waals surface area contributed by atoms with E-state index >= 15 is 0 Å². The average Bonchev–Trinajstić information content (AvgIpc) is 3.15. The molecule has 2 amide bonds. The highest BCUT2D eigenvalue weighted by Gasteiger charge is 2.27. The van der Waals surface area contributed by atoms with E-state index < -0.39 is 29.9 Å². The Kier molecular flexibility index (Phi) is 6.91. The predicted octanol–water partition coefficient (Wildman–Crippen LogP) is 2.31. The molecule has 0 spiro atoms. The van der Waals surface area contributed by atoms with Crippen LogP contribution in [0.15, 0.2) is 47.8 Å². The van der Waals surface area contributed by atoms with E-state index in [4.69, 9.17) is 5.11 Å². The minimum Gasteiger partial charge on any atom is -0.481 e. The molecule has 0 fully saturated rings. The summed E-state index contributed by atoms with van der Waals surface area (Å²) in [5.74, 6) is -2.45. The van der Waals surface area contributed by atoms with Crippen LogP contribution in [0.4, 0.5) is 0 Å². The van der Waals surface area contributed by atoms with Crippen molar-refractivity contribution in [1.82, 2.24) is 10.6 Å². The van der Waals surface area contributed by atoms with Crippen molar-refractivity contribution in [3.8, 4) is 0 Å². The van der Waals surface area contributed by atoms with Gasteiger partial charge in [0.05, 0.1) is 10.8 Å². The molecular formula is C19H22N2O4S. The molecule has 0 aliphatic rings. The van der Waals surface area contributed by atoms with E-state index in [-0.39, 0.29) is 5.91 Å². The van der Waals surface area contributed by atoms with Crippen molar-refractivity contribution in [2.45, 2.75) is 32.4 Å². The second kappa shape index (κ2) is 9.15. The molecule has 26 heavy (non-hydrogen) atoms. The van der Waals surface area contributed by atoms with Crippen LogP contribution in [0.25, 0.3) is 0 Å². The first kappa shape index (κ1) is 19.7. The van der Waals surface area contributed by atoms with E-state index in [2.05, 4.69) is 10.6 Å². The molecule has 138 valence electrons. The van der Waals surface area contributed by atoms with E-state index in [0.717, 1.165) is 5.56 Å². The minimum absolute atomic E-state index is 0.317. The van der Waals surface area contributed by atoms with Gasteiger partial charge in [0.1, 0.15) is 6.04 Å². The fourth-order valence-electron chi connectivity index (χ4n) is 2.36. The van der Waals surface area contributed by atoms with Gasteiger partial charge in [0, 0.05) is 12.5 Å². The van der Waals surface area contributed by atoms with Crippen LogP contribution < -0.4 is 10.6 Å². The van der Waals surface area contributed by atoms with Gasteiger partial charge in [-0.15, -0.1) is 11.3 Å². The second-order valence-corrected chi connectivity index (χ2v) is 7.06. The Hall–Kier alpha value is -2.67. The van der Waals surface area contributed by atoms with Crippen molar-refractivity contribution in [2.75, 3.05) is 0 Å². The number of hydrogen-bond acceptors (Lipinski definition) is 4. The van der Waals surface area contributed by atoms with Gasteiger partial charge in [0.15, 0.2) is 0 Å². The number of amides is 2. The molecule has 2 rings (SSSR count). The van der Waals surface area contributed by atoms with E-state index in [1.807, 2.05) is 30.3 Å². The summed E-state index contributed by atoms with van der Waals surface area (Å²) in [6.07, 6.45) is 0.317. The lowest BCUT2D eigenvalue weighted by Gasteiger charge is -2.23. The number of hydrogen-bond donors (Lipinski definition) is 3. The van der Waals surface area contributed by atoms with Crippen molar-refractivity contribution < 1.29 is 19.5 Å². The fourth-order valence-corrected chi connectivity index (χ4v) is 2.99. The standard InChI is InChI=1S/C19H22N2O4S/c1-12(19(24)25)13(2)20-17(22)15(11-14-7-4-3-5-8-14)21-18(23)16-9-6-10-26-16/h3-10,12-13,15H,11H2,1-2H3,(H,20,22)(H,21,23)(H,24,25). The van der Waals surface area contributed by atoms with Gasteiger partial charge < -0.3 is 15.7 Å². The van der Waals surface area contributed by atoms with Crippen LogP contribution in [-0.4, -0.2) is 35.0 Å². The number of carbonyl (C=O) groups is 3. The quantitative estimate of drug-likeness (QED) is 0.661. The number of carboxylic acid groups (broad SMARTS) is 1. The van der Waals surface area contributed by atoms with Gasteiger partial charge in [-0.3, -0.25) is 14.4 Å². The Morgan fingerprint density at radius 3 is 2.31 bits per heavy atom. The first-order valence-corrected chi connectivity index (χ1v) is 9.18. The summed E-state index contributed by atoms with van der Waals surface area (Å²) < 4.78 is 0. The Balaban J connectivity index is 2.12. The molecule has 0 radical (unpaired) electrons. The van der Waals surface area contributed by atoms with Crippen molar-refractivity contribution in [1.29, 1.82) is 0 Å². The van der Waals surface area contributed by atoms with Gasteiger partial charge in [-0.25, -0.2) is 0 Å². The van der Waals surface area contributed by atoms with Gasteiger partial charge in [-0.2, -0.15) is 0 Å². The lowest BCUT2D eigenvalue weighted by Crippen LogP contribution is -2.51. The van der Waals surface area contributed by atoms with Gasteiger partial charge in [-0.05, 0) is 30.9 Å². The summed E-state index contributed by atoms with van der Waals surface area (Å²) in [7, 11) is 0. The molecule has 1 aromatic heterocycles. The van der Waals surface area contributed by atoms with Crippen LogP contribution in [0.3, 0.4) is 0 Å². The molecule has 0 aliphatic heterocycles. The molecule has 0 saturated carbocycles. The van der Waals surface area contributed by atoms with Crippen molar-refractivity contribution in [3.63, 3.8) is 0 Å². The zero-order valence-electron chi connectivity index (χ0n) is 14.6. The van der Waals surface area contributed by atoms with Gasteiger partial charge in [-0.1, -0.05) is 36.4 Å². The Labute approximate surface area is 156 Å². The fraction of sp³-hybridized carbons (Fsp3) is 0.316. The van der Waals surface area contributed by atoms with Crippen LogP contribution in [0, 0.1) is 5.92 Å². The lowest BCUT2D eigenvalue weighted by atomic mass is 10.0. The number of aliphatic carboxylic acids is 1. The second-order valence-electron chi connectivity index (χ2n) is 6.12. The lowest BCUT2D eigenvalue weighted by molar-refractivity contribution is -0.142. The molecule has 3 atom stereocenters. The highest BCUT2D eigenvalue weighted by atomic mass is 32.1. The average molecular weight is 374 g/mol. The third-order valence-electron chi connectivity index (χ3n) is 4.16. The molecule has 7 heteroatoms. The number of nitrogens with one attached hydrogen (secondary N) is 2. The highest BCUT2D eigenvalue weighted by Crippen LogP contribution is 2.11. The largest absolute Gasteiger partial charge is 0.481 e. The molecule has 1 aromatic carbocycles. The van der Waals surface area contributed by atoms with Gasteiger partial charge in [0.25, 0.3) is 5.91 Å². The third-order valence-corrected chi connectivity index (χ3v) is 5.03. The van der Waals surface area contributed by atoms with Crippen LogP contribution in [0.1, 0.15) is 29.1 Å². The molecule has 3 unspecified atom stereocenters. The van der Waals surface area contributed by atoms with E-state index in [1.165, 1.54) is 18.3 Å². The van der Waals surface area contributed by atoms with Gasteiger partial charge in [0.2, 0.25) is 5.91 Å². The Morgan fingerprint density at radius 1 is 1.04 bits per heavy atom. The monoisotopic (exact) mass is 374 g/mol. The molecule has 3 N–H and O–H groups in total. The van der Waals surface area contributed by atoms with Crippen LogP contribution in [0.5, 0.6) is 0 Å². The third kappa shape index (κ3) is 5.42. The van der Waals surface area contributed by atoms with E-state index in [0.29, 0.717) is 11.3 Å². The zero-order valence-corrected chi connectivity index (χ0v) is 15.5. The van der Waals surface area contributed by atoms with Crippen LogP contribution in [0.2, 0.25) is 0 Å². The molecule has 2 aromatic rings. The molecule has 0 saturated heterocycles. The summed E-state index contributed by atoms with van der Waals surface area (Å²) in [6.45, 7) is 3.17.